The van der Waals surface area contributed by atoms with E-state index in [2.05, 4.69) is 32.9 Å². The van der Waals surface area contributed by atoms with Gasteiger partial charge in [-0.1, -0.05) is 29.3 Å². The highest BCUT2D eigenvalue weighted by atomic mass is 35.5. The summed E-state index contributed by atoms with van der Waals surface area (Å²) in [5.41, 5.74) is 6.45. The first-order valence-corrected chi connectivity index (χ1v) is 8.53. The Morgan fingerprint density at radius 1 is 1.17 bits per heavy atom. The SMILES string of the molecule is COC(=O)c1cc2sc(Cl)cc2n1Cc1c(C)cc(C)cc1C. The molecule has 0 fully saturated rings. The molecule has 0 saturated heterocycles. The number of halogens is 1. The highest BCUT2D eigenvalue weighted by molar-refractivity contribution is 7.22. The average molecular weight is 348 g/mol. The van der Waals surface area contributed by atoms with E-state index in [1.807, 2.05) is 16.7 Å². The van der Waals surface area contributed by atoms with Crippen molar-refractivity contribution in [3.63, 3.8) is 0 Å². The first kappa shape index (κ1) is 16.1. The summed E-state index contributed by atoms with van der Waals surface area (Å²) in [5.74, 6) is -0.327. The predicted octanol–water partition coefficient (Wildman–Crippen LogP) is 5.12. The molecule has 0 bridgehead atoms. The Labute approximate surface area is 144 Å². The van der Waals surface area contributed by atoms with Crippen molar-refractivity contribution in [3.05, 3.63) is 56.5 Å². The summed E-state index contributed by atoms with van der Waals surface area (Å²) in [5, 5.41) is 0. The van der Waals surface area contributed by atoms with Gasteiger partial charge >= 0.3 is 5.97 Å². The average Bonchev–Trinajstić information content (AvgIpc) is 2.98. The molecule has 2 aromatic heterocycles. The van der Waals surface area contributed by atoms with Crippen molar-refractivity contribution < 1.29 is 9.53 Å². The smallest absolute Gasteiger partial charge is 0.354 e. The molecule has 0 aliphatic carbocycles. The third-order valence-corrected chi connectivity index (χ3v) is 5.31. The van der Waals surface area contributed by atoms with Gasteiger partial charge in [0.15, 0.2) is 0 Å². The van der Waals surface area contributed by atoms with Gasteiger partial charge in [0.25, 0.3) is 0 Å². The second kappa shape index (κ2) is 6.02. The van der Waals surface area contributed by atoms with Crippen molar-refractivity contribution in [1.29, 1.82) is 0 Å². The lowest BCUT2D eigenvalue weighted by Crippen LogP contribution is -2.12. The van der Waals surface area contributed by atoms with E-state index in [0.717, 1.165) is 14.6 Å². The number of thiophene rings is 1. The number of hydrogen-bond donors (Lipinski definition) is 0. The molecule has 5 heteroatoms. The van der Waals surface area contributed by atoms with Gasteiger partial charge in [0.05, 0.1) is 21.7 Å². The van der Waals surface area contributed by atoms with Crippen LogP contribution in [0.15, 0.2) is 24.3 Å². The number of aryl methyl sites for hydroxylation is 3. The first-order valence-electron chi connectivity index (χ1n) is 7.34. The summed E-state index contributed by atoms with van der Waals surface area (Å²) in [6, 6.07) is 8.10. The monoisotopic (exact) mass is 347 g/mol. The zero-order chi connectivity index (χ0) is 16.7. The van der Waals surface area contributed by atoms with Gasteiger partial charge in [-0.2, -0.15) is 0 Å². The minimum atomic E-state index is -0.327. The lowest BCUT2D eigenvalue weighted by molar-refractivity contribution is 0.0589. The molecule has 0 N–H and O–H groups in total. The third kappa shape index (κ3) is 2.89. The van der Waals surface area contributed by atoms with Gasteiger partial charge in [-0.05, 0) is 49.6 Å². The summed E-state index contributed by atoms with van der Waals surface area (Å²) in [4.78, 5) is 12.1. The fourth-order valence-corrected chi connectivity index (χ4v) is 4.25. The Kier molecular flexibility index (Phi) is 4.21. The molecule has 2 heterocycles. The van der Waals surface area contributed by atoms with E-state index in [9.17, 15) is 4.79 Å². The standard InChI is InChI=1S/C18H18ClNO2S/c1-10-5-11(2)13(12(3)6-10)9-20-14-8-17(19)23-16(14)7-15(20)18(21)22-4/h5-8H,9H2,1-4H3. The van der Waals surface area contributed by atoms with E-state index in [-0.39, 0.29) is 5.97 Å². The Morgan fingerprint density at radius 2 is 1.83 bits per heavy atom. The van der Waals surface area contributed by atoms with Crippen molar-refractivity contribution in [1.82, 2.24) is 4.57 Å². The predicted molar refractivity (Wildman–Crippen MR) is 95.9 cm³/mol. The molecule has 3 aromatic rings. The van der Waals surface area contributed by atoms with Gasteiger partial charge in [0.2, 0.25) is 0 Å². The van der Waals surface area contributed by atoms with Crippen molar-refractivity contribution in [3.8, 4) is 0 Å². The molecular weight excluding hydrogens is 330 g/mol. The van der Waals surface area contributed by atoms with Crippen LogP contribution in [0.2, 0.25) is 4.34 Å². The highest BCUT2D eigenvalue weighted by Gasteiger charge is 2.19. The van der Waals surface area contributed by atoms with Crippen LogP contribution in [0.25, 0.3) is 10.2 Å². The molecule has 0 aliphatic heterocycles. The minimum absolute atomic E-state index is 0.327. The zero-order valence-electron chi connectivity index (χ0n) is 13.6. The highest BCUT2D eigenvalue weighted by Crippen LogP contribution is 2.33. The molecule has 3 rings (SSSR count). The maximum atomic E-state index is 12.1. The number of methoxy groups -OCH3 is 1. The molecule has 0 atom stereocenters. The Hall–Kier alpha value is -1.78. The van der Waals surface area contributed by atoms with Gasteiger partial charge < -0.3 is 9.30 Å². The summed E-state index contributed by atoms with van der Waals surface area (Å²) in [6.07, 6.45) is 0. The van der Waals surface area contributed by atoms with Gasteiger partial charge in [-0.25, -0.2) is 4.79 Å². The molecule has 0 spiro atoms. The number of esters is 1. The molecule has 0 aliphatic rings. The van der Waals surface area contributed by atoms with E-state index < -0.39 is 0 Å². The fourth-order valence-electron chi connectivity index (χ4n) is 3.07. The van der Waals surface area contributed by atoms with Crippen LogP contribution in [0.5, 0.6) is 0 Å². The van der Waals surface area contributed by atoms with Crippen LogP contribution in [-0.2, 0) is 11.3 Å². The van der Waals surface area contributed by atoms with Crippen LogP contribution in [0.1, 0.15) is 32.7 Å². The van der Waals surface area contributed by atoms with Crippen LogP contribution >= 0.6 is 22.9 Å². The van der Waals surface area contributed by atoms with Gasteiger partial charge in [0.1, 0.15) is 5.69 Å². The van der Waals surface area contributed by atoms with E-state index in [0.29, 0.717) is 12.2 Å². The lowest BCUT2D eigenvalue weighted by atomic mass is 10.00. The Morgan fingerprint density at radius 3 is 2.43 bits per heavy atom. The Bertz CT molecular complexity index is 884. The van der Waals surface area contributed by atoms with E-state index in [4.69, 9.17) is 16.3 Å². The molecule has 0 unspecified atom stereocenters. The molecule has 0 saturated carbocycles. The van der Waals surface area contributed by atoms with Crippen LogP contribution in [0, 0.1) is 20.8 Å². The third-order valence-electron chi connectivity index (χ3n) is 4.11. The number of hydrogen-bond acceptors (Lipinski definition) is 3. The van der Waals surface area contributed by atoms with Crippen molar-refractivity contribution in [2.24, 2.45) is 0 Å². The second-order valence-electron chi connectivity index (χ2n) is 5.78. The van der Waals surface area contributed by atoms with Crippen LogP contribution in [0.4, 0.5) is 0 Å². The lowest BCUT2D eigenvalue weighted by Gasteiger charge is -2.15. The van der Waals surface area contributed by atoms with E-state index >= 15 is 0 Å². The number of ether oxygens (including phenoxy) is 1. The van der Waals surface area contributed by atoms with Crippen molar-refractivity contribution in [2.75, 3.05) is 7.11 Å². The number of fused-ring (bicyclic) bond motifs is 1. The molecule has 1 aromatic carbocycles. The number of aromatic nitrogens is 1. The quantitative estimate of drug-likeness (QED) is 0.616. The minimum Gasteiger partial charge on any atom is -0.464 e. The summed E-state index contributed by atoms with van der Waals surface area (Å²) in [6.45, 7) is 6.93. The molecule has 120 valence electrons. The maximum absolute atomic E-state index is 12.1. The Balaban J connectivity index is 2.17. The van der Waals surface area contributed by atoms with Gasteiger partial charge in [0, 0.05) is 6.54 Å². The van der Waals surface area contributed by atoms with E-state index in [1.54, 1.807) is 0 Å². The molecule has 0 radical (unpaired) electrons. The molecule has 3 nitrogen and oxygen atoms in total. The first-order chi connectivity index (χ1) is 10.9. The number of carbonyl (C=O) groups excluding carboxylic acids is 1. The summed E-state index contributed by atoms with van der Waals surface area (Å²) < 4.78 is 8.65. The number of benzene rings is 1. The van der Waals surface area contributed by atoms with Gasteiger partial charge in [-0.15, -0.1) is 11.3 Å². The zero-order valence-corrected chi connectivity index (χ0v) is 15.1. The van der Waals surface area contributed by atoms with Crippen molar-refractivity contribution >= 4 is 39.1 Å². The fraction of sp³-hybridized carbons (Fsp3) is 0.278. The maximum Gasteiger partial charge on any atom is 0.354 e. The number of carbonyl (C=O) groups is 1. The molecular formula is C18H18ClNO2S. The molecule has 23 heavy (non-hydrogen) atoms. The van der Waals surface area contributed by atoms with E-state index in [1.165, 1.54) is 40.7 Å². The van der Waals surface area contributed by atoms with Crippen LogP contribution in [0.3, 0.4) is 0 Å². The number of nitrogens with zero attached hydrogens (tertiary/aromatic N) is 1. The summed E-state index contributed by atoms with van der Waals surface area (Å²) in [7, 11) is 1.41. The van der Waals surface area contributed by atoms with Crippen LogP contribution in [-0.4, -0.2) is 17.6 Å². The number of rotatable bonds is 3. The normalized spacial score (nSPS) is 11.2. The summed E-state index contributed by atoms with van der Waals surface area (Å²) >= 11 is 7.61. The van der Waals surface area contributed by atoms with Crippen molar-refractivity contribution in [2.45, 2.75) is 27.3 Å². The second-order valence-corrected chi connectivity index (χ2v) is 7.50. The van der Waals surface area contributed by atoms with Crippen LogP contribution < -0.4 is 0 Å². The largest absolute Gasteiger partial charge is 0.464 e. The topological polar surface area (TPSA) is 31.2 Å². The molecule has 0 amide bonds. The van der Waals surface area contributed by atoms with Gasteiger partial charge in [-0.3, -0.25) is 0 Å².